The first-order valence-electron chi connectivity index (χ1n) is 13.1. The first-order valence-corrected chi connectivity index (χ1v) is 13.5. The fourth-order valence-electron chi connectivity index (χ4n) is 4.67. The summed E-state index contributed by atoms with van der Waals surface area (Å²) in [5.74, 6) is 1.18. The molecule has 1 aliphatic heterocycles. The number of carbonyl (C=O) groups is 1. The average Bonchev–Trinajstić information content (AvgIpc) is 3.02. The maximum atomic E-state index is 11.3. The lowest BCUT2D eigenvalue weighted by Crippen LogP contribution is -2.30. The molecule has 2 aromatic rings. The van der Waals surface area contributed by atoms with Crippen molar-refractivity contribution in [1.29, 1.82) is 0 Å². The number of ether oxygens (including phenoxy) is 1. The minimum atomic E-state index is -0.526. The molecule has 36 heavy (non-hydrogen) atoms. The van der Waals surface area contributed by atoms with Gasteiger partial charge in [-0.25, -0.2) is 0 Å². The number of anilines is 1. The summed E-state index contributed by atoms with van der Waals surface area (Å²) in [7, 11) is 1.82. The first kappa shape index (κ1) is 28.1. The Balaban J connectivity index is 1.75. The largest absolute Gasteiger partial charge is 0.491 e. The topological polar surface area (TPSA) is 53.0 Å². The Bertz CT molecular complexity index is 1040. The van der Waals surface area contributed by atoms with Crippen LogP contribution in [-0.4, -0.2) is 49.2 Å². The summed E-state index contributed by atoms with van der Waals surface area (Å²) in [5, 5.41) is 11.0. The van der Waals surface area contributed by atoms with Crippen molar-refractivity contribution in [2.45, 2.75) is 64.9 Å². The first-order chi connectivity index (χ1) is 17.3. The smallest absolute Gasteiger partial charge is 0.219 e. The fourth-order valence-corrected chi connectivity index (χ4v) is 4.87. The van der Waals surface area contributed by atoms with Gasteiger partial charge in [-0.3, -0.25) is 4.79 Å². The Kier molecular flexibility index (Phi) is 10.7. The van der Waals surface area contributed by atoms with Crippen LogP contribution in [0.1, 0.15) is 75.2 Å². The predicted molar refractivity (Wildman–Crippen MR) is 149 cm³/mol. The van der Waals surface area contributed by atoms with Crippen LogP contribution < -0.4 is 9.64 Å². The van der Waals surface area contributed by atoms with Gasteiger partial charge in [0.1, 0.15) is 5.75 Å². The van der Waals surface area contributed by atoms with Crippen LogP contribution in [0.3, 0.4) is 0 Å². The molecule has 2 aromatic carbocycles. The van der Waals surface area contributed by atoms with E-state index in [1.165, 1.54) is 11.1 Å². The summed E-state index contributed by atoms with van der Waals surface area (Å²) in [6, 6.07) is 12.3. The number of halogens is 1. The third kappa shape index (κ3) is 7.75. The molecule has 0 saturated carbocycles. The zero-order valence-corrected chi connectivity index (χ0v) is 22.9. The molecule has 2 unspecified atom stereocenters. The van der Waals surface area contributed by atoms with Crippen molar-refractivity contribution < 1.29 is 14.6 Å². The fraction of sp³-hybridized carbons (Fsp3) is 0.500. The lowest BCUT2D eigenvalue weighted by Gasteiger charge is -2.28. The van der Waals surface area contributed by atoms with Gasteiger partial charge in [-0.1, -0.05) is 49.2 Å². The van der Waals surface area contributed by atoms with E-state index in [0.29, 0.717) is 13.2 Å². The van der Waals surface area contributed by atoms with Gasteiger partial charge >= 0.3 is 0 Å². The number of benzene rings is 2. The Morgan fingerprint density at radius 2 is 2.06 bits per heavy atom. The average molecular weight is 513 g/mol. The molecule has 1 amide bonds. The molecule has 5 nitrogen and oxygen atoms in total. The monoisotopic (exact) mass is 512 g/mol. The highest BCUT2D eigenvalue weighted by Crippen LogP contribution is 2.38. The summed E-state index contributed by atoms with van der Waals surface area (Å²) in [6.45, 7) is 8.61. The number of amides is 1. The summed E-state index contributed by atoms with van der Waals surface area (Å²) in [5.41, 5.74) is 4.57. The van der Waals surface area contributed by atoms with E-state index < -0.39 is 6.10 Å². The number of aliphatic hydroxyl groups excluding tert-OH is 1. The van der Waals surface area contributed by atoms with Crippen molar-refractivity contribution >= 4 is 23.2 Å². The number of hydrogen-bond acceptors (Lipinski definition) is 4. The van der Waals surface area contributed by atoms with Crippen LogP contribution in [0.5, 0.6) is 5.75 Å². The van der Waals surface area contributed by atoms with Crippen LogP contribution in [0, 0.1) is 0 Å². The van der Waals surface area contributed by atoms with Crippen LogP contribution in [0.15, 0.2) is 48.6 Å². The van der Waals surface area contributed by atoms with Crippen LogP contribution in [0.25, 0.3) is 0 Å². The zero-order valence-electron chi connectivity index (χ0n) is 22.2. The molecule has 1 heterocycles. The van der Waals surface area contributed by atoms with Gasteiger partial charge in [0.25, 0.3) is 0 Å². The van der Waals surface area contributed by atoms with Gasteiger partial charge in [0.2, 0.25) is 5.91 Å². The zero-order chi connectivity index (χ0) is 26.1. The van der Waals surface area contributed by atoms with E-state index in [2.05, 4.69) is 42.2 Å². The molecular weight excluding hydrogens is 472 g/mol. The minimum Gasteiger partial charge on any atom is -0.491 e. The lowest BCUT2D eigenvalue weighted by atomic mass is 9.92. The SMILES string of the molecule is CCCc1cc(Cl)ccc1C1COc2ccc(C(C)O)cc2N(CCCC/C=C/CN(C)C(C)=O)C1. The van der Waals surface area contributed by atoms with E-state index in [1.54, 1.807) is 18.7 Å². The van der Waals surface area contributed by atoms with E-state index in [4.69, 9.17) is 16.3 Å². The molecule has 0 saturated heterocycles. The van der Waals surface area contributed by atoms with E-state index in [1.807, 2.05) is 25.2 Å². The van der Waals surface area contributed by atoms with Gasteiger partial charge < -0.3 is 19.6 Å². The predicted octanol–water partition coefficient (Wildman–Crippen LogP) is 6.53. The van der Waals surface area contributed by atoms with Crippen LogP contribution >= 0.6 is 11.6 Å². The number of likely N-dealkylation sites (N-methyl/N-ethyl adjacent to an activating group) is 1. The highest BCUT2D eigenvalue weighted by molar-refractivity contribution is 6.30. The van der Waals surface area contributed by atoms with Crippen molar-refractivity contribution in [2.75, 3.05) is 38.2 Å². The highest BCUT2D eigenvalue weighted by atomic mass is 35.5. The minimum absolute atomic E-state index is 0.0793. The van der Waals surface area contributed by atoms with Crippen molar-refractivity contribution in [3.05, 3.63) is 70.3 Å². The molecule has 1 aliphatic rings. The van der Waals surface area contributed by atoms with E-state index in [0.717, 1.165) is 67.2 Å². The number of aliphatic hydroxyl groups is 1. The maximum absolute atomic E-state index is 11.3. The van der Waals surface area contributed by atoms with Crippen molar-refractivity contribution in [1.82, 2.24) is 4.90 Å². The Labute approximate surface area is 221 Å². The normalized spacial score (nSPS) is 16.4. The standard InChI is InChI=1S/C30H41ClN2O3/c1-5-11-25-18-27(31)13-14-28(25)26-20-33(17-10-8-6-7-9-16-32(4)23(3)35)29-19-24(22(2)34)12-15-30(29)36-21-26/h7,9,12-15,18-19,22,26,34H,5-6,8,10-11,16-17,20-21H2,1-4H3/b9-7+. The highest BCUT2D eigenvalue weighted by Gasteiger charge is 2.26. The van der Waals surface area contributed by atoms with Gasteiger partial charge in [-0.15, -0.1) is 0 Å². The van der Waals surface area contributed by atoms with Crippen molar-refractivity contribution in [3.63, 3.8) is 0 Å². The summed E-state index contributed by atoms with van der Waals surface area (Å²) in [4.78, 5) is 15.5. The molecule has 0 fully saturated rings. The van der Waals surface area contributed by atoms with Crippen LogP contribution in [-0.2, 0) is 11.2 Å². The lowest BCUT2D eigenvalue weighted by molar-refractivity contribution is -0.127. The summed E-state index contributed by atoms with van der Waals surface area (Å²) >= 11 is 6.34. The number of hydrogen-bond donors (Lipinski definition) is 1. The number of nitrogens with zero attached hydrogens (tertiary/aromatic N) is 2. The summed E-state index contributed by atoms with van der Waals surface area (Å²) in [6.07, 6.45) is 8.86. The Morgan fingerprint density at radius 1 is 1.25 bits per heavy atom. The third-order valence-corrected chi connectivity index (χ3v) is 7.12. The second-order valence-electron chi connectivity index (χ2n) is 9.82. The molecule has 3 rings (SSSR count). The van der Waals surface area contributed by atoms with Crippen molar-refractivity contribution in [3.8, 4) is 5.75 Å². The number of fused-ring (bicyclic) bond motifs is 1. The Hall–Kier alpha value is -2.50. The van der Waals surface area contributed by atoms with Crippen LogP contribution in [0.4, 0.5) is 5.69 Å². The number of unbranched alkanes of at least 4 members (excludes halogenated alkanes) is 2. The van der Waals surface area contributed by atoms with E-state index in [-0.39, 0.29) is 11.8 Å². The molecule has 0 spiro atoms. The van der Waals surface area contributed by atoms with E-state index >= 15 is 0 Å². The molecule has 2 atom stereocenters. The summed E-state index contributed by atoms with van der Waals surface area (Å²) < 4.78 is 6.35. The van der Waals surface area contributed by atoms with E-state index in [9.17, 15) is 9.90 Å². The number of allylic oxidation sites excluding steroid dienone is 1. The van der Waals surface area contributed by atoms with Crippen LogP contribution in [0.2, 0.25) is 5.02 Å². The molecule has 196 valence electrons. The quantitative estimate of drug-likeness (QED) is 0.274. The molecule has 6 heteroatoms. The molecule has 1 N–H and O–H groups in total. The van der Waals surface area contributed by atoms with Gasteiger partial charge in [0.05, 0.1) is 18.4 Å². The van der Waals surface area contributed by atoms with Crippen molar-refractivity contribution in [2.24, 2.45) is 0 Å². The van der Waals surface area contributed by atoms with Gasteiger partial charge in [-0.05, 0) is 73.6 Å². The molecule has 0 radical (unpaired) electrons. The number of carbonyl (C=O) groups excluding carboxylic acids is 1. The van der Waals surface area contributed by atoms with Gasteiger partial charge in [0, 0.05) is 44.5 Å². The Morgan fingerprint density at radius 3 is 2.78 bits per heavy atom. The molecular formula is C30H41ClN2O3. The number of aryl methyl sites for hydroxylation is 1. The molecule has 0 aromatic heterocycles. The van der Waals surface area contributed by atoms with Gasteiger partial charge in [-0.2, -0.15) is 0 Å². The molecule has 0 aliphatic carbocycles. The van der Waals surface area contributed by atoms with Gasteiger partial charge in [0.15, 0.2) is 0 Å². The maximum Gasteiger partial charge on any atom is 0.219 e. The second-order valence-corrected chi connectivity index (χ2v) is 10.3. The number of rotatable bonds is 11. The third-order valence-electron chi connectivity index (χ3n) is 6.88. The molecule has 0 bridgehead atoms. The second kappa shape index (κ2) is 13.7.